The van der Waals surface area contributed by atoms with E-state index < -0.39 is 0 Å². The summed E-state index contributed by atoms with van der Waals surface area (Å²) in [6.07, 6.45) is 0. The van der Waals surface area contributed by atoms with Crippen molar-refractivity contribution < 1.29 is 0 Å². The van der Waals surface area contributed by atoms with Crippen molar-refractivity contribution in [3.05, 3.63) is 182 Å². The fraction of sp³-hybridized carbons (Fsp3) is 0. The summed E-state index contributed by atoms with van der Waals surface area (Å²) in [6, 6.07) is 65.1. The van der Waals surface area contributed by atoms with Gasteiger partial charge in [-0.15, -0.1) is 11.3 Å². The zero-order valence-corrected chi connectivity index (χ0v) is 28.4. The summed E-state index contributed by atoms with van der Waals surface area (Å²) < 4.78 is 2.59. The molecule has 0 radical (unpaired) electrons. The van der Waals surface area contributed by atoms with Crippen molar-refractivity contribution in [3.63, 3.8) is 0 Å². The molecule has 0 N–H and O–H groups in total. The minimum absolute atomic E-state index is 0.713. The van der Waals surface area contributed by atoms with E-state index in [0.717, 1.165) is 44.6 Å². The van der Waals surface area contributed by atoms with E-state index in [1.165, 1.54) is 47.5 Å². The summed E-state index contributed by atoms with van der Waals surface area (Å²) in [5, 5.41) is 7.28. The highest BCUT2D eigenvalue weighted by Crippen LogP contribution is 2.42. The van der Waals surface area contributed by atoms with Crippen LogP contribution in [0.5, 0.6) is 0 Å². The van der Waals surface area contributed by atoms with E-state index >= 15 is 0 Å². The van der Waals surface area contributed by atoms with E-state index in [-0.39, 0.29) is 0 Å². The van der Waals surface area contributed by atoms with Gasteiger partial charge in [0.15, 0.2) is 5.82 Å². The number of hydrogen-bond acceptors (Lipinski definition) is 3. The van der Waals surface area contributed by atoms with Crippen molar-refractivity contribution in [1.29, 1.82) is 0 Å². The lowest BCUT2D eigenvalue weighted by atomic mass is 9.92. The molecule has 2 aromatic heterocycles. The Morgan fingerprint density at radius 1 is 0.333 bits per heavy atom. The van der Waals surface area contributed by atoms with E-state index in [4.69, 9.17) is 9.97 Å². The highest BCUT2D eigenvalue weighted by molar-refractivity contribution is 7.25. The summed E-state index contributed by atoms with van der Waals surface area (Å²) in [5.41, 5.74) is 9.62. The molecule has 0 amide bonds. The Morgan fingerprint density at radius 3 is 1.84 bits per heavy atom. The Bertz CT molecular complexity index is 2920. The van der Waals surface area contributed by atoms with Gasteiger partial charge in [-0.25, -0.2) is 9.97 Å². The molecule has 0 unspecified atom stereocenters. The quantitative estimate of drug-likeness (QED) is 0.183. The molecular weight excluding hydrogens is 637 g/mol. The molecule has 8 aromatic carbocycles. The molecule has 0 atom stereocenters. The molecule has 0 saturated heterocycles. The fourth-order valence-electron chi connectivity index (χ4n) is 7.38. The van der Waals surface area contributed by atoms with E-state index in [2.05, 4.69) is 182 Å². The summed E-state index contributed by atoms with van der Waals surface area (Å²) in [4.78, 5) is 10.7. The minimum Gasteiger partial charge on any atom is -0.228 e. The zero-order chi connectivity index (χ0) is 33.7. The van der Waals surface area contributed by atoms with Gasteiger partial charge in [0.25, 0.3) is 0 Å². The van der Waals surface area contributed by atoms with Crippen LogP contribution in [0, 0.1) is 0 Å². The maximum atomic E-state index is 5.37. The van der Waals surface area contributed by atoms with Gasteiger partial charge in [-0.3, -0.25) is 0 Å². The number of aromatic nitrogens is 2. The van der Waals surface area contributed by atoms with E-state index in [0.29, 0.717) is 5.82 Å². The van der Waals surface area contributed by atoms with Crippen LogP contribution >= 0.6 is 11.3 Å². The smallest absolute Gasteiger partial charge is 0.161 e. The van der Waals surface area contributed by atoms with Gasteiger partial charge < -0.3 is 0 Å². The Labute approximate surface area is 300 Å². The van der Waals surface area contributed by atoms with Crippen molar-refractivity contribution in [2.75, 3.05) is 0 Å². The monoisotopic (exact) mass is 666 g/mol. The second-order valence-corrected chi connectivity index (χ2v) is 14.1. The molecule has 0 fully saturated rings. The van der Waals surface area contributed by atoms with Gasteiger partial charge in [-0.1, -0.05) is 140 Å². The normalized spacial score (nSPS) is 11.5. The second kappa shape index (κ2) is 12.2. The lowest BCUT2D eigenvalue weighted by molar-refractivity contribution is 1.19. The third-order valence-electron chi connectivity index (χ3n) is 9.85. The molecule has 0 aliphatic rings. The number of nitrogens with zero attached hydrogens (tertiary/aromatic N) is 2. The average molecular weight is 667 g/mol. The van der Waals surface area contributed by atoms with Crippen LogP contribution < -0.4 is 0 Å². The summed E-state index contributed by atoms with van der Waals surface area (Å²) in [6.45, 7) is 0. The van der Waals surface area contributed by atoms with Crippen molar-refractivity contribution in [2.24, 2.45) is 0 Å². The lowest BCUT2D eigenvalue weighted by Gasteiger charge is -2.14. The first-order valence-electron chi connectivity index (χ1n) is 17.2. The van der Waals surface area contributed by atoms with E-state index in [1.807, 2.05) is 11.3 Å². The Hall–Kier alpha value is -6.42. The van der Waals surface area contributed by atoms with Crippen LogP contribution in [0.3, 0.4) is 0 Å². The molecule has 238 valence electrons. The Kier molecular flexibility index (Phi) is 7.04. The third-order valence-corrected chi connectivity index (χ3v) is 11.0. The Morgan fingerprint density at radius 2 is 0.961 bits per heavy atom. The molecule has 0 spiro atoms. The first-order chi connectivity index (χ1) is 25.2. The maximum absolute atomic E-state index is 5.37. The van der Waals surface area contributed by atoms with Crippen molar-refractivity contribution in [2.45, 2.75) is 0 Å². The molecule has 2 heterocycles. The SMILES string of the molecule is c1ccc(-c2cc(-c3cc(-c4ccc5ccccc5c4)nc(-c4cccc5ccccc45)n3)cc(-c3cccc4sc5ccccc5c34)c2)cc1. The third kappa shape index (κ3) is 5.27. The number of benzene rings is 8. The van der Waals surface area contributed by atoms with Gasteiger partial charge >= 0.3 is 0 Å². The van der Waals surface area contributed by atoms with Crippen molar-refractivity contribution in [3.8, 4) is 56.2 Å². The first-order valence-corrected chi connectivity index (χ1v) is 18.0. The Balaban J connectivity index is 1.25. The lowest BCUT2D eigenvalue weighted by Crippen LogP contribution is -1.97. The summed E-state index contributed by atoms with van der Waals surface area (Å²) in [5.74, 6) is 0.713. The number of fused-ring (bicyclic) bond motifs is 5. The largest absolute Gasteiger partial charge is 0.228 e. The molecule has 10 rings (SSSR count). The number of thiophene rings is 1. The molecule has 51 heavy (non-hydrogen) atoms. The number of rotatable bonds is 5. The van der Waals surface area contributed by atoms with Crippen LogP contribution in [-0.2, 0) is 0 Å². The maximum Gasteiger partial charge on any atom is 0.161 e. The van der Waals surface area contributed by atoms with Gasteiger partial charge in [0.05, 0.1) is 11.4 Å². The van der Waals surface area contributed by atoms with Crippen molar-refractivity contribution >= 4 is 53.1 Å². The van der Waals surface area contributed by atoms with Gasteiger partial charge in [0, 0.05) is 36.9 Å². The molecule has 0 saturated carbocycles. The molecule has 0 bridgehead atoms. The zero-order valence-electron chi connectivity index (χ0n) is 27.6. The molecule has 10 aromatic rings. The van der Waals surface area contributed by atoms with Gasteiger partial charge in [-0.2, -0.15) is 0 Å². The van der Waals surface area contributed by atoms with E-state index in [1.54, 1.807) is 0 Å². The van der Waals surface area contributed by atoms with Crippen LogP contribution in [0.4, 0.5) is 0 Å². The van der Waals surface area contributed by atoms with Crippen LogP contribution in [0.25, 0.3) is 97.9 Å². The second-order valence-electron chi connectivity index (χ2n) is 13.0. The van der Waals surface area contributed by atoms with Gasteiger partial charge in [-0.05, 0) is 86.3 Å². The summed E-state index contributed by atoms with van der Waals surface area (Å²) in [7, 11) is 0. The van der Waals surface area contributed by atoms with Gasteiger partial charge in [0.2, 0.25) is 0 Å². The fourth-order valence-corrected chi connectivity index (χ4v) is 8.51. The average Bonchev–Trinajstić information content (AvgIpc) is 3.59. The number of hydrogen-bond donors (Lipinski definition) is 0. The predicted molar refractivity (Wildman–Crippen MR) is 217 cm³/mol. The molecule has 0 aliphatic heterocycles. The topological polar surface area (TPSA) is 25.8 Å². The highest BCUT2D eigenvalue weighted by atomic mass is 32.1. The van der Waals surface area contributed by atoms with Crippen LogP contribution in [0.1, 0.15) is 0 Å². The molecule has 2 nitrogen and oxygen atoms in total. The van der Waals surface area contributed by atoms with Crippen LogP contribution in [0.15, 0.2) is 182 Å². The summed E-state index contributed by atoms with van der Waals surface area (Å²) >= 11 is 1.85. The van der Waals surface area contributed by atoms with Gasteiger partial charge in [0.1, 0.15) is 0 Å². The molecule has 0 aliphatic carbocycles. The van der Waals surface area contributed by atoms with E-state index in [9.17, 15) is 0 Å². The minimum atomic E-state index is 0.713. The standard InChI is InChI=1S/C48H30N2S/c1-2-12-31(13-3-1)36-27-37(40-20-11-23-46-47(40)42-19-8-9-22-45(42)51-46)29-38(28-36)44-30-43(35-25-24-32-14-4-5-16-34(32)26-35)49-48(50-44)41-21-10-17-33-15-6-7-18-39(33)41/h1-30H. The predicted octanol–water partition coefficient (Wildman–Crippen LogP) is 13.5. The first kappa shape index (κ1) is 29.5. The molecular formula is C48H30N2S. The highest BCUT2D eigenvalue weighted by Gasteiger charge is 2.17. The van der Waals surface area contributed by atoms with Crippen LogP contribution in [-0.4, -0.2) is 9.97 Å². The van der Waals surface area contributed by atoms with Crippen molar-refractivity contribution in [1.82, 2.24) is 9.97 Å². The van der Waals surface area contributed by atoms with Crippen LogP contribution in [0.2, 0.25) is 0 Å². The molecule has 3 heteroatoms.